The zero-order chi connectivity index (χ0) is 22.6. The molecule has 1 aromatic carbocycles. The van der Waals surface area contributed by atoms with E-state index in [1.807, 2.05) is 0 Å². The Morgan fingerprint density at radius 3 is 2.47 bits per heavy atom. The minimum Gasteiger partial charge on any atom is -0.389 e. The third-order valence-corrected chi connectivity index (χ3v) is 7.27. The van der Waals surface area contributed by atoms with Crippen LogP contribution < -0.4 is 11.1 Å². The number of nitrogens with zero attached hydrogens (tertiary/aromatic N) is 3. The first-order valence-electron chi connectivity index (χ1n) is 10.1. The van der Waals surface area contributed by atoms with Gasteiger partial charge in [0, 0.05) is 18.6 Å². The summed E-state index contributed by atoms with van der Waals surface area (Å²) < 4.78 is 36.0. The third-order valence-electron chi connectivity index (χ3n) is 5.09. The zero-order valence-electron chi connectivity index (χ0n) is 17.1. The Labute approximate surface area is 184 Å². The van der Waals surface area contributed by atoms with Crippen molar-refractivity contribution in [3.8, 4) is 0 Å². The summed E-state index contributed by atoms with van der Waals surface area (Å²) in [4.78, 5) is 26.4. The molecule has 1 unspecified atom stereocenters. The first-order chi connectivity index (χ1) is 15.4. The van der Waals surface area contributed by atoms with E-state index in [1.54, 1.807) is 0 Å². The van der Waals surface area contributed by atoms with Crippen LogP contribution in [0.1, 0.15) is 18.4 Å². The number of carbonyl (C=O) groups excluding carboxylic acids is 1. The highest BCUT2D eigenvalue weighted by Crippen LogP contribution is 2.23. The number of hydrogen-bond acceptors (Lipinski definition) is 10. The van der Waals surface area contributed by atoms with Gasteiger partial charge in [0.1, 0.15) is 5.82 Å². The highest BCUT2D eigenvalue weighted by molar-refractivity contribution is 7.92. The van der Waals surface area contributed by atoms with E-state index in [2.05, 4.69) is 20.4 Å². The lowest BCUT2D eigenvalue weighted by atomic mass is 10.1. The minimum atomic E-state index is -3.52. The molecule has 0 spiro atoms. The lowest BCUT2D eigenvalue weighted by Crippen LogP contribution is -2.26. The number of hydrogen-bond donors (Lipinski definition) is 2. The quantitative estimate of drug-likeness (QED) is 0.449. The van der Waals surface area contributed by atoms with Gasteiger partial charge in [-0.05, 0) is 18.6 Å². The molecule has 0 radical (unpaired) electrons. The molecule has 2 saturated heterocycles. The predicted molar refractivity (Wildman–Crippen MR) is 115 cm³/mol. The van der Waals surface area contributed by atoms with Crippen molar-refractivity contribution in [3.05, 3.63) is 42.2 Å². The molecule has 4 rings (SSSR count). The number of amides is 1. The summed E-state index contributed by atoms with van der Waals surface area (Å²) >= 11 is 0. The fourth-order valence-corrected chi connectivity index (χ4v) is 4.86. The fraction of sp³-hybridized carbons (Fsp3) is 0.400. The maximum atomic E-state index is 12.9. The number of nitrogen functional groups attached to an aromatic ring is 1. The summed E-state index contributed by atoms with van der Waals surface area (Å²) in [6, 6.07) is 5.94. The smallest absolute Gasteiger partial charge is 0.279 e. The second-order valence-electron chi connectivity index (χ2n) is 7.37. The Kier molecular flexibility index (Phi) is 6.63. The van der Waals surface area contributed by atoms with Crippen LogP contribution in [-0.4, -0.2) is 67.8 Å². The average molecular weight is 462 g/mol. The van der Waals surface area contributed by atoms with Gasteiger partial charge in [0.15, 0.2) is 27.5 Å². The number of benzene rings is 1. The van der Waals surface area contributed by atoms with E-state index < -0.39 is 21.0 Å². The fourth-order valence-electron chi connectivity index (χ4n) is 3.28. The van der Waals surface area contributed by atoms with Gasteiger partial charge < -0.3 is 25.4 Å². The maximum absolute atomic E-state index is 12.9. The molecule has 12 heteroatoms. The van der Waals surface area contributed by atoms with Crippen LogP contribution in [0.2, 0.25) is 0 Å². The maximum Gasteiger partial charge on any atom is 0.279 e. The van der Waals surface area contributed by atoms with E-state index in [0.717, 1.165) is 0 Å². The van der Waals surface area contributed by atoms with Crippen molar-refractivity contribution in [1.82, 2.24) is 9.97 Å². The summed E-state index contributed by atoms with van der Waals surface area (Å²) in [5.74, 6) is -0.199. The topological polar surface area (TPSA) is 155 Å². The van der Waals surface area contributed by atoms with E-state index in [0.29, 0.717) is 38.2 Å². The second kappa shape index (κ2) is 9.59. The average Bonchev–Trinajstić information content (AvgIpc) is 3.51. The number of rotatable bonds is 7. The van der Waals surface area contributed by atoms with Crippen LogP contribution in [-0.2, 0) is 28.9 Å². The summed E-state index contributed by atoms with van der Waals surface area (Å²) in [5.41, 5.74) is 5.86. The molecule has 0 aliphatic carbocycles. The van der Waals surface area contributed by atoms with Crippen LogP contribution in [0.5, 0.6) is 0 Å². The molecule has 170 valence electrons. The van der Waals surface area contributed by atoms with E-state index in [9.17, 15) is 13.2 Å². The first kappa shape index (κ1) is 22.1. The molecule has 0 bridgehead atoms. The number of sulfone groups is 1. The lowest BCUT2D eigenvalue weighted by Gasteiger charge is -2.12. The number of aromatic nitrogens is 2. The van der Waals surface area contributed by atoms with Crippen molar-refractivity contribution in [2.75, 3.05) is 37.5 Å². The standard InChI is InChI=1S/C20H23N5O6S/c21-17-9-23-18(10-22-17)24-20(26)19(25-31-14-5-7-29-11-14)13-1-3-15(4-2-13)32(27,28)16-6-8-30-12-16/h1-4,9-10,14,16H,5-8,11-12H2,(H2,21,22)(H,23,24,26)/b25-19+/t14-,16?/m1/s1. The molecule has 2 fully saturated rings. The van der Waals surface area contributed by atoms with Gasteiger partial charge in [0.25, 0.3) is 5.91 Å². The van der Waals surface area contributed by atoms with E-state index >= 15 is 0 Å². The van der Waals surface area contributed by atoms with Gasteiger partial charge in [0.05, 0.1) is 42.4 Å². The number of ether oxygens (including phenoxy) is 2. The monoisotopic (exact) mass is 461 g/mol. The van der Waals surface area contributed by atoms with E-state index in [4.69, 9.17) is 20.0 Å². The van der Waals surface area contributed by atoms with E-state index in [1.165, 1.54) is 36.7 Å². The highest BCUT2D eigenvalue weighted by Gasteiger charge is 2.31. The number of oxime groups is 1. The zero-order valence-corrected chi connectivity index (χ0v) is 18.0. The molecular weight excluding hydrogens is 438 g/mol. The van der Waals surface area contributed by atoms with Crippen LogP contribution in [0, 0.1) is 0 Å². The molecule has 1 aromatic heterocycles. The molecule has 0 saturated carbocycles. The van der Waals surface area contributed by atoms with Crippen molar-refractivity contribution in [3.63, 3.8) is 0 Å². The van der Waals surface area contributed by atoms with Gasteiger partial charge in [-0.1, -0.05) is 17.3 Å². The molecule has 2 aliphatic rings. The number of carbonyl (C=O) groups is 1. The van der Waals surface area contributed by atoms with Gasteiger partial charge in [0.2, 0.25) is 0 Å². The SMILES string of the molecule is Nc1cnc(NC(=O)/C(=N/O[C@@H]2CCOC2)c2ccc(S(=O)(=O)C3CCOC3)cc2)cn1. The molecule has 2 aromatic rings. The number of nitrogens with one attached hydrogen (secondary N) is 1. The molecule has 3 heterocycles. The van der Waals surface area contributed by atoms with Gasteiger partial charge in [-0.25, -0.2) is 18.4 Å². The molecule has 11 nitrogen and oxygen atoms in total. The van der Waals surface area contributed by atoms with Crippen LogP contribution in [0.3, 0.4) is 0 Å². The number of nitrogens with two attached hydrogens (primary N) is 1. The Hall–Kier alpha value is -3.09. The van der Waals surface area contributed by atoms with Crippen LogP contribution in [0.25, 0.3) is 0 Å². The van der Waals surface area contributed by atoms with Gasteiger partial charge in [-0.15, -0.1) is 0 Å². The van der Waals surface area contributed by atoms with Crippen molar-refractivity contribution in [1.29, 1.82) is 0 Å². The van der Waals surface area contributed by atoms with Gasteiger partial charge >= 0.3 is 0 Å². The summed E-state index contributed by atoms with van der Waals surface area (Å²) in [6.07, 6.45) is 3.47. The number of anilines is 2. The molecule has 3 N–H and O–H groups in total. The Morgan fingerprint density at radius 1 is 1.09 bits per heavy atom. The normalized spacial score (nSPS) is 21.4. The molecule has 2 atom stereocenters. The van der Waals surface area contributed by atoms with Crippen LogP contribution in [0.15, 0.2) is 46.7 Å². The Balaban J connectivity index is 1.57. The molecule has 1 amide bonds. The van der Waals surface area contributed by atoms with Crippen LogP contribution in [0.4, 0.5) is 11.6 Å². The largest absolute Gasteiger partial charge is 0.389 e. The Bertz CT molecular complexity index is 1080. The third kappa shape index (κ3) is 5.03. The van der Waals surface area contributed by atoms with Crippen molar-refractivity contribution in [2.45, 2.75) is 29.1 Å². The highest BCUT2D eigenvalue weighted by atomic mass is 32.2. The molecule has 2 aliphatic heterocycles. The van der Waals surface area contributed by atoms with E-state index in [-0.39, 0.29) is 35.0 Å². The molecule has 32 heavy (non-hydrogen) atoms. The molecular formula is C20H23N5O6S. The lowest BCUT2D eigenvalue weighted by molar-refractivity contribution is -0.110. The van der Waals surface area contributed by atoms with Crippen molar-refractivity contribution in [2.24, 2.45) is 5.16 Å². The summed E-state index contributed by atoms with van der Waals surface area (Å²) in [5, 5.41) is 6.06. The van der Waals surface area contributed by atoms with Gasteiger partial charge in [-0.2, -0.15) is 0 Å². The first-order valence-corrected chi connectivity index (χ1v) is 11.6. The Morgan fingerprint density at radius 2 is 1.84 bits per heavy atom. The van der Waals surface area contributed by atoms with Crippen molar-refractivity contribution >= 4 is 33.1 Å². The predicted octanol–water partition coefficient (Wildman–Crippen LogP) is 0.770. The second-order valence-corrected chi connectivity index (χ2v) is 9.59. The van der Waals surface area contributed by atoms with Crippen molar-refractivity contribution < 1.29 is 27.5 Å². The summed E-state index contributed by atoms with van der Waals surface area (Å²) in [7, 11) is -3.52. The summed E-state index contributed by atoms with van der Waals surface area (Å²) in [6.45, 7) is 1.54. The minimum absolute atomic E-state index is 0.0383. The van der Waals surface area contributed by atoms with Gasteiger partial charge in [-0.3, -0.25) is 4.79 Å². The van der Waals surface area contributed by atoms with Crippen LogP contribution >= 0.6 is 0 Å².